The Morgan fingerprint density at radius 3 is 2.86 bits per heavy atom. The maximum Gasteiger partial charge on any atom is 0.267 e. The van der Waals surface area contributed by atoms with Crippen molar-refractivity contribution in [3.8, 4) is 0 Å². The highest BCUT2D eigenvalue weighted by atomic mass is 16.2. The van der Waals surface area contributed by atoms with Gasteiger partial charge in [-0.1, -0.05) is 6.92 Å². The predicted octanol–water partition coefficient (Wildman–Crippen LogP) is -0.120. The van der Waals surface area contributed by atoms with Crippen molar-refractivity contribution < 1.29 is 9.59 Å². The highest BCUT2D eigenvalue weighted by molar-refractivity contribution is 6.39. The van der Waals surface area contributed by atoms with Gasteiger partial charge in [0.1, 0.15) is 17.4 Å². The minimum atomic E-state index is -0.182. The SMILES string of the molecule is CCc1nnc2n1C[C@@H](NC(=O)C1=NN(C)C(=O)CC1)CC2. The number of nitrogens with zero attached hydrogens (tertiary/aromatic N) is 5. The van der Waals surface area contributed by atoms with Crippen molar-refractivity contribution in [1.29, 1.82) is 0 Å². The fourth-order valence-corrected chi connectivity index (χ4v) is 2.86. The zero-order valence-electron chi connectivity index (χ0n) is 12.9. The fraction of sp³-hybridized carbons (Fsp3) is 0.643. The smallest absolute Gasteiger partial charge is 0.267 e. The van der Waals surface area contributed by atoms with Crippen LogP contribution in [-0.4, -0.2) is 50.4 Å². The molecule has 8 nitrogen and oxygen atoms in total. The van der Waals surface area contributed by atoms with Gasteiger partial charge in [0.25, 0.3) is 5.91 Å². The molecule has 8 heteroatoms. The van der Waals surface area contributed by atoms with Gasteiger partial charge in [-0.3, -0.25) is 9.59 Å². The van der Waals surface area contributed by atoms with Crippen LogP contribution in [0.1, 0.15) is 37.8 Å². The Morgan fingerprint density at radius 2 is 2.14 bits per heavy atom. The molecular weight excluding hydrogens is 284 g/mol. The van der Waals surface area contributed by atoms with Gasteiger partial charge in [-0.25, -0.2) is 5.01 Å². The number of hydrazone groups is 1. The minimum absolute atomic E-state index is 0.0481. The second-order valence-electron chi connectivity index (χ2n) is 5.67. The number of nitrogens with one attached hydrogen (secondary N) is 1. The molecule has 0 radical (unpaired) electrons. The Balaban J connectivity index is 1.66. The van der Waals surface area contributed by atoms with Crippen LogP contribution >= 0.6 is 0 Å². The molecule has 0 saturated carbocycles. The summed E-state index contributed by atoms with van der Waals surface area (Å²) < 4.78 is 2.09. The van der Waals surface area contributed by atoms with E-state index in [1.807, 2.05) is 6.92 Å². The second-order valence-corrected chi connectivity index (χ2v) is 5.67. The van der Waals surface area contributed by atoms with Gasteiger partial charge < -0.3 is 9.88 Å². The Bertz CT molecular complexity index is 622. The summed E-state index contributed by atoms with van der Waals surface area (Å²) in [5, 5.41) is 16.7. The molecule has 2 aliphatic rings. The molecule has 0 saturated heterocycles. The molecule has 0 spiro atoms. The lowest BCUT2D eigenvalue weighted by Crippen LogP contribution is -2.45. The van der Waals surface area contributed by atoms with Crippen LogP contribution in [0.2, 0.25) is 0 Å². The first-order valence-corrected chi connectivity index (χ1v) is 7.64. The van der Waals surface area contributed by atoms with Gasteiger partial charge >= 0.3 is 0 Å². The molecule has 22 heavy (non-hydrogen) atoms. The summed E-state index contributed by atoms with van der Waals surface area (Å²) in [6.45, 7) is 2.74. The maximum absolute atomic E-state index is 12.3. The van der Waals surface area contributed by atoms with E-state index in [-0.39, 0.29) is 17.9 Å². The maximum atomic E-state index is 12.3. The quantitative estimate of drug-likeness (QED) is 0.842. The van der Waals surface area contributed by atoms with Gasteiger partial charge in [-0.15, -0.1) is 10.2 Å². The number of aryl methyl sites for hydroxylation is 2. The topological polar surface area (TPSA) is 92.5 Å². The highest BCUT2D eigenvalue weighted by Gasteiger charge is 2.27. The molecule has 0 bridgehead atoms. The average molecular weight is 304 g/mol. The van der Waals surface area contributed by atoms with Crippen LogP contribution in [0, 0.1) is 0 Å². The van der Waals surface area contributed by atoms with Crippen molar-refractivity contribution in [3.05, 3.63) is 11.6 Å². The van der Waals surface area contributed by atoms with Crippen molar-refractivity contribution in [2.45, 2.75) is 51.6 Å². The van der Waals surface area contributed by atoms with Crippen molar-refractivity contribution in [2.24, 2.45) is 5.10 Å². The molecule has 0 aromatic carbocycles. The molecule has 1 aromatic heterocycles. The van der Waals surface area contributed by atoms with Crippen molar-refractivity contribution in [2.75, 3.05) is 7.05 Å². The first kappa shape index (κ1) is 14.7. The highest BCUT2D eigenvalue weighted by Crippen LogP contribution is 2.16. The van der Waals surface area contributed by atoms with Crippen LogP contribution in [0.25, 0.3) is 0 Å². The van der Waals surface area contributed by atoms with Gasteiger partial charge in [0.05, 0.1) is 0 Å². The molecule has 1 aromatic rings. The van der Waals surface area contributed by atoms with Gasteiger partial charge in [0.15, 0.2) is 0 Å². The number of hydrogen-bond acceptors (Lipinski definition) is 5. The van der Waals surface area contributed by atoms with Crippen molar-refractivity contribution >= 4 is 17.5 Å². The van der Waals surface area contributed by atoms with Crippen LogP contribution in [-0.2, 0) is 29.0 Å². The van der Waals surface area contributed by atoms with Crippen molar-refractivity contribution in [3.63, 3.8) is 0 Å². The predicted molar refractivity (Wildman–Crippen MR) is 79.1 cm³/mol. The Kier molecular flexibility index (Phi) is 3.91. The van der Waals surface area contributed by atoms with E-state index in [1.165, 1.54) is 5.01 Å². The summed E-state index contributed by atoms with van der Waals surface area (Å²) in [5.74, 6) is 1.70. The summed E-state index contributed by atoms with van der Waals surface area (Å²) in [7, 11) is 1.58. The molecule has 2 aliphatic heterocycles. The zero-order valence-corrected chi connectivity index (χ0v) is 12.9. The van der Waals surface area contributed by atoms with E-state index >= 15 is 0 Å². The van der Waals surface area contributed by atoms with E-state index in [4.69, 9.17) is 0 Å². The van der Waals surface area contributed by atoms with Gasteiger partial charge in [0, 0.05) is 45.3 Å². The Labute approximate surface area is 128 Å². The largest absolute Gasteiger partial charge is 0.346 e. The molecule has 1 N–H and O–H groups in total. The number of amides is 2. The molecule has 3 heterocycles. The number of carbonyl (C=O) groups is 2. The Morgan fingerprint density at radius 1 is 1.32 bits per heavy atom. The monoisotopic (exact) mass is 304 g/mol. The minimum Gasteiger partial charge on any atom is -0.346 e. The average Bonchev–Trinajstić information content (AvgIpc) is 2.92. The third kappa shape index (κ3) is 2.72. The molecule has 1 atom stereocenters. The standard InChI is InChI=1S/C14H20N6O2/c1-3-11-16-17-12-6-4-9(8-20(11)12)15-14(22)10-5-7-13(21)19(2)18-10/h9H,3-8H2,1-2H3,(H,15,22)/t9-/m0/s1. The van der Waals surface area contributed by atoms with Crippen molar-refractivity contribution in [1.82, 2.24) is 25.1 Å². The van der Waals surface area contributed by atoms with Crippen LogP contribution in [0.4, 0.5) is 0 Å². The Hall–Kier alpha value is -2.25. The summed E-state index contributed by atoms with van der Waals surface area (Å²) in [4.78, 5) is 23.7. The third-order valence-electron chi connectivity index (χ3n) is 4.14. The van der Waals surface area contributed by atoms with E-state index in [2.05, 4.69) is 25.2 Å². The van der Waals surface area contributed by atoms with E-state index in [0.29, 0.717) is 25.1 Å². The number of rotatable bonds is 3. The van der Waals surface area contributed by atoms with Gasteiger partial charge in [0.2, 0.25) is 5.91 Å². The molecule has 0 unspecified atom stereocenters. The summed E-state index contributed by atoms with van der Waals surface area (Å²) in [6.07, 6.45) is 3.22. The summed E-state index contributed by atoms with van der Waals surface area (Å²) in [6, 6.07) is 0.0481. The van der Waals surface area contributed by atoms with Gasteiger partial charge in [-0.05, 0) is 6.42 Å². The molecule has 118 valence electrons. The molecule has 0 fully saturated rings. The lowest BCUT2D eigenvalue weighted by molar-refractivity contribution is -0.130. The lowest BCUT2D eigenvalue weighted by atomic mass is 10.1. The van der Waals surface area contributed by atoms with Crippen LogP contribution < -0.4 is 5.32 Å². The second kappa shape index (κ2) is 5.86. The lowest BCUT2D eigenvalue weighted by Gasteiger charge is -2.26. The summed E-state index contributed by atoms with van der Waals surface area (Å²) >= 11 is 0. The number of aromatic nitrogens is 3. The number of hydrogen-bond donors (Lipinski definition) is 1. The summed E-state index contributed by atoms with van der Waals surface area (Å²) in [5.41, 5.74) is 0.423. The van der Waals surface area contributed by atoms with Gasteiger partial charge in [-0.2, -0.15) is 5.10 Å². The first-order valence-electron chi connectivity index (χ1n) is 7.64. The van der Waals surface area contributed by atoms with Crippen LogP contribution in [0.15, 0.2) is 5.10 Å². The first-order chi connectivity index (χ1) is 10.6. The number of fused-ring (bicyclic) bond motifs is 1. The zero-order chi connectivity index (χ0) is 15.7. The fourth-order valence-electron chi connectivity index (χ4n) is 2.86. The van der Waals surface area contributed by atoms with E-state index in [9.17, 15) is 9.59 Å². The molecule has 3 rings (SSSR count). The van der Waals surface area contributed by atoms with E-state index in [0.717, 1.165) is 30.9 Å². The van der Waals surface area contributed by atoms with E-state index < -0.39 is 0 Å². The number of carbonyl (C=O) groups excluding carboxylic acids is 2. The third-order valence-corrected chi connectivity index (χ3v) is 4.14. The normalized spacial score (nSPS) is 21.4. The van der Waals surface area contributed by atoms with E-state index in [1.54, 1.807) is 7.05 Å². The van der Waals surface area contributed by atoms with Crippen LogP contribution in [0.5, 0.6) is 0 Å². The van der Waals surface area contributed by atoms with Crippen LogP contribution in [0.3, 0.4) is 0 Å². The molecule has 2 amide bonds. The molecular formula is C14H20N6O2. The molecule has 0 aliphatic carbocycles.